The minimum absolute atomic E-state index is 0.252. The van der Waals surface area contributed by atoms with Crippen LogP contribution in [0.25, 0.3) is 10.2 Å². The zero-order chi connectivity index (χ0) is 15.6. The normalized spacial score (nSPS) is 14.6. The highest BCUT2D eigenvalue weighted by Crippen LogP contribution is 2.30. The quantitative estimate of drug-likeness (QED) is 0.750. The van der Waals surface area contributed by atoms with Crippen molar-refractivity contribution >= 4 is 33.3 Å². The zero-order valence-corrected chi connectivity index (χ0v) is 13.8. The van der Waals surface area contributed by atoms with Crippen molar-refractivity contribution < 1.29 is 5.11 Å². The number of nitrogen functional groups attached to an aromatic ring is 1. The van der Waals surface area contributed by atoms with E-state index in [2.05, 4.69) is 28.3 Å². The molecule has 0 aliphatic carbocycles. The molecule has 6 nitrogen and oxygen atoms in total. The molecule has 7 heteroatoms. The highest BCUT2D eigenvalue weighted by molar-refractivity contribution is 7.18. The van der Waals surface area contributed by atoms with Gasteiger partial charge in [0.2, 0.25) is 5.95 Å². The van der Waals surface area contributed by atoms with Crippen molar-refractivity contribution in [2.24, 2.45) is 0 Å². The van der Waals surface area contributed by atoms with Crippen molar-refractivity contribution in [3.05, 3.63) is 10.9 Å². The Morgan fingerprint density at radius 3 is 2.76 bits per heavy atom. The molecule has 1 atom stereocenters. The molecule has 2 heterocycles. The number of aryl methyl sites for hydroxylation is 1. The number of aliphatic hydroxyl groups is 1. The van der Waals surface area contributed by atoms with E-state index in [1.54, 1.807) is 18.3 Å². The Morgan fingerprint density at radius 2 is 2.14 bits per heavy atom. The fraction of sp³-hybridized carbons (Fsp3) is 0.571. The van der Waals surface area contributed by atoms with Gasteiger partial charge >= 0.3 is 0 Å². The second-order valence-electron chi connectivity index (χ2n) is 5.80. The maximum absolute atomic E-state index is 10.4. The summed E-state index contributed by atoms with van der Waals surface area (Å²) >= 11 is 1.63. The first-order chi connectivity index (χ1) is 9.80. The Morgan fingerprint density at radius 1 is 1.43 bits per heavy atom. The zero-order valence-electron chi connectivity index (χ0n) is 13.0. The van der Waals surface area contributed by atoms with Gasteiger partial charge in [0.15, 0.2) is 0 Å². The third-order valence-corrected chi connectivity index (χ3v) is 4.28. The maximum Gasteiger partial charge on any atom is 0.223 e. The Balaban J connectivity index is 2.23. The van der Waals surface area contributed by atoms with Crippen LogP contribution in [0.15, 0.2) is 6.07 Å². The fourth-order valence-electron chi connectivity index (χ4n) is 2.31. The molecule has 116 valence electrons. The molecular formula is C14H23N5OS. The number of nitrogens with zero attached hydrogens (tertiary/aromatic N) is 3. The number of rotatable bonds is 6. The minimum Gasteiger partial charge on any atom is -0.387 e. The Labute approximate surface area is 129 Å². The number of anilines is 2. The summed E-state index contributed by atoms with van der Waals surface area (Å²) in [7, 11) is 3.86. The lowest BCUT2D eigenvalue weighted by Crippen LogP contribution is -2.43. The molecule has 2 rings (SSSR count). The molecule has 0 saturated heterocycles. The Hall–Kier alpha value is -1.44. The largest absolute Gasteiger partial charge is 0.387 e. The predicted molar refractivity (Wildman–Crippen MR) is 88.9 cm³/mol. The third-order valence-electron chi connectivity index (χ3n) is 3.10. The highest BCUT2D eigenvalue weighted by atomic mass is 32.1. The maximum atomic E-state index is 10.4. The summed E-state index contributed by atoms with van der Waals surface area (Å²) in [6.07, 6.45) is 0.957. The number of thiophene rings is 1. The molecule has 0 saturated carbocycles. The SMILES string of the molecule is CCc1cc2c(NCC(C)(O)CN(C)C)nc(N)nc2s1. The van der Waals surface area contributed by atoms with Crippen molar-refractivity contribution in [2.45, 2.75) is 25.9 Å². The van der Waals surface area contributed by atoms with E-state index >= 15 is 0 Å². The average Bonchev–Trinajstić information content (AvgIpc) is 2.77. The smallest absolute Gasteiger partial charge is 0.223 e. The van der Waals surface area contributed by atoms with Crippen LogP contribution in [0.2, 0.25) is 0 Å². The van der Waals surface area contributed by atoms with Crippen LogP contribution in [-0.4, -0.2) is 52.8 Å². The van der Waals surface area contributed by atoms with E-state index < -0.39 is 5.60 Å². The molecule has 0 spiro atoms. The summed E-state index contributed by atoms with van der Waals surface area (Å²) in [6, 6.07) is 2.09. The third kappa shape index (κ3) is 4.03. The van der Waals surface area contributed by atoms with Crippen molar-refractivity contribution in [1.29, 1.82) is 0 Å². The second-order valence-corrected chi connectivity index (χ2v) is 6.92. The minimum atomic E-state index is -0.848. The summed E-state index contributed by atoms with van der Waals surface area (Å²) in [6.45, 7) is 4.87. The first kappa shape index (κ1) is 15.9. The van der Waals surface area contributed by atoms with E-state index in [1.165, 1.54) is 4.88 Å². The van der Waals surface area contributed by atoms with Gasteiger partial charge in [0.05, 0.1) is 11.0 Å². The number of likely N-dealkylation sites (N-methyl/N-ethyl adjacent to an activating group) is 1. The van der Waals surface area contributed by atoms with Gasteiger partial charge in [0, 0.05) is 18.0 Å². The van der Waals surface area contributed by atoms with E-state index in [0.29, 0.717) is 18.9 Å². The number of aromatic nitrogens is 2. The molecule has 0 aliphatic rings. The summed E-state index contributed by atoms with van der Waals surface area (Å²) < 4.78 is 0. The first-order valence-electron chi connectivity index (χ1n) is 6.97. The van der Waals surface area contributed by atoms with E-state index in [-0.39, 0.29) is 5.95 Å². The van der Waals surface area contributed by atoms with E-state index in [1.807, 2.05) is 19.0 Å². The van der Waals surface area contributed by atoms with Crippen molar-refractivity contribution in [3.8, 4) is 0 Å². The first-order valence-corrected chi connectivity index (χ1v) is 7.79. The van der Waals surface area contributed by atoms with Gasteiger partial charge in [0.1, 0.15) is 10.6 Å². The summed E-state index contributed by atoms with van der Waals surface area (Å²) in [5.74, 6) is 0.939. The molecule has 2 aromatic heterocycles. The van der Waals surface area contributed by atoms with Gasteiger partial charge in [-0.1, -0.05) is 6.92 Å². The number of hydrogen-bond donors (Lipinski definition) is 3. The van der Waals surface area contributed by atoms with Crippen LogP contribution in [0, 0.1) is 0 Å². The lowest BCUT2D eigenvalue weighted by Gasteiger charge is -2.27. The highest BCUT2D eigenvalue weighted by Gasteiger charge is 2.22. The molecule has 0 aromatic carbocycles. The number of fused-ring (bicyclic) bond motifs is 1. The molecular weight excluding hydrogens is 286 g/mol. The monoisotopic (exact) mass is 309 g/mol. The summed E-state index contributed by atoms with van der Waals surface area (Å²) in [5, 5.41) is 14.5. The Kier molecular flexibility index (Phi) is 4.65. The molecule has 0 aliphatic heterocycles. The van der Waals surface area contributed by atoms with Gasteiger partial charge in [-0.05, 0) is 33.5 Å². The van der Waals surface area contributed by atoms with Crippen LogP contribution in [0.4, 0.5) is 11.8 Å². The average molecular weight is 309 g/mol. The molecule has 4 N–H and O–H groups in total. The van der Waals surface area contributed by atoms with Gasteiger partial charge in [-0.2, -0.15) is 4.98 Å². The summed E-state index contributed by atoms with van der Waals surface area (Å²) in [5.41, 5.74) is 4.92. The summed E-state index contributed by atoms with van der Waals surface area (Å²) in [4.78, 5) is 12.6. The molecule has 0 radical (unpaired) electrons. The second kappa shape index (κ2) is 6.13. The molecule has 0 bridgehead atoms. The lowest BCUT2D eigenvalue weighted by molar-refractivity contribution is 0.0459. The molecule has 2 aromatic rings. The van der Waals surface area contributed by atoms with Crippen LogP contribution in [0.5, 0.6) is 0 Å². The van der Waals surface area contributed by atoms with Crippen LogP contribution in [0.3, 0.4) is 0 Å². The van der Waals surface area contributed by atoms with Gasteiger partial charge < -0.3 is 21.1 Å². The van der Waals surface area contributed by atoms with E-state index in [9.17, 15) is 5.11 Å². The molecule has 0 amide bonds. The van der Waals surface area contributed by atoms with Crippen LogP contribution >= 0.6 is 11.3 Å². The number of hydrogen-bond acceptors (Lipinski definition) is 7. The topological polar surface area (TPSA) is 87.3 Å². The Bertz CT molecular complexity index is 623. The van der Waals surface area contributed by atoms with Gasteiger partial charge in [-0.25, -0.2) is 4.98 Å². The van der Waals surface area contributed by atoms with Gasteiger partial charge in [-0.15, -0.1) is 11.3 Å². The van der Waals surface area contributed by atoms with E-state index in [0.717, 1.165) is 16.6 Å². The number of nitrogens with two attached hydrogens (primary N) is 1. The molecule has 21 heavy (non-hydrogen) atoms. The standard InChI is InChI=1S/C14H23N5OS/c1-5-9-6-10-11(17-13(15)18-12(10)21-9)16-7-14(2,20)8-19(3)4/h6,20H,5,7-8H2,1-4H3,(H3,15,16,17,18). The van der Waals surface area contributed by atoms with Crippen molar-refractivity contribution in [1.82, 2.24) is 14.9 Å². The molecule has 0 fully saturated rings. The van der Waals surface area contributed by atoms with Crippen LogP contribution < -0.4 is 11.1 Å². The van der Waals surface area contributed by atoms with E-state index in [4.69, 9.17) is 5.73 Å². The molecule has 1 unspecified atom stereocenters. The van der Waals surface area contributed by atoms with Crippen LogP contribution in [0.1, 0.15) is 18.7 Å². The van der Waals surface area contributed by atoms with Crippen LogP contribution in [-0.2, 0) is 6.42 Å². The van der Waals surface area contributed by atoms with Gasteiger partial charge in [-0.3, -0.25) is 0 Å². The van der Waals surface area contributed by atoms with Crippen molar-refractivity contribution in [3.63, 3.8) is 0 Å². The predicted octanol–water partition coefficient (Wildman–Crippen LogP) is 1.56. The number of nitrogens with one attached hydrogen (secondary N) is 1. The lowest BCUT2D eigenvalue weighted by atomic mass is 10.1. The fourth-order valence-corrected chi connectivity index (χ4v) is 3.28. The van der Waals surface area contributed by atoms with Crippen molar-refractivity contribution in [2.75, 3.05) is 38.2 Å². The van der Waals surface area contributed by atoms with Gasteiger partial charge in [0.25, 0.3) is 0 Å².